The van der Waals surface area contributed by atoms with Crippen LogP contribution in [-0.2, 0) is 5.75 Å². The Morgan fingerprint density at radius 2 is 1.88 bits per heavy atom. The molecule has 0 aliphatic carbocycles. The maximum Gasteiger partial charge on any atom is 0.387 e. The molecule has 0 amide bonds. The van der Waals surface area contributed by atoms with Gasteiger partial charge in [0.15, 0.2) is 0 Å². The van der Waals surface area contributed by atoms with Crippen molar-refractivity contribution in [2.75, 3.05) is 0 Å². The average Bonchev–Trinajstić information content (AvgIpc) is 3.04. The van der Waals surface area contributed by atoms with Gasteiger partial charge < -0.3 is 4.74 Å². The lowest BCUT2D eigenvalue weighted by Gasteiger charge is -2.09. The molecule has 8 heteroatoms. The van der Waals surface area contributed by atoms with Crippen LogP contribution in [0.25, 0.3) is 5.69 Å². The summed E-state index contributed by atoms with van der Waals surface area (Å²) in [5, 5.41) is 12.6. The molecule has 0 unspecified atom stereocenters. The summed E-state index contributed by atoms with van der Waals surface area (Å²) < 4.78 is 30.4. The largest absolute Gasteiger partial charge is 0.435 e. The lowest BCUT2D eigenvalue weighted by atomic mass is 10.1. The number of alkyl halides is 2. The molecule has 2 aromatic carbocycles. The van der Waals surface area contributed by atoms with Gasteiger partial charge in [0.05, 0.1) is 5.69 Å². The first kappa shape index (κ1) is 17.3. The molecule has 3 rings (SSSR count). The van der Waals surface area contributed by atoms with Gasteiger partial charge in [0.2, 0.25) is 5.16 Å². The van der Waals surface area contributed by atoms with Crippen LogP contribution in [0.2, 0.25) is 0 Å². The number of halogens is 2. The van der Waals surface area contributed by atoms with E-state index in [9.17, 15) is 8.78 Å². The maximum absolute atomic E-state index is 12.2. The Bertz CT molecular complexity index is 852. The Morgan fingerprint density at radius 1 is 1.12 bits per heavy atom. The van der Waals surface area contributed by atoms with E-state index in [4.69, 9.17) is 0 Å². The van der Waals surface area contributed by atoms with Gasteiger partial charge in [-0.15, -0.1) is 5.10 Å². The summed E-state index contributed by atoms with van der Waals surface area (Å²) >= 11 is 1.47. The standard InChI is InChI=1S/C17H16F2N4OS/c1-11-4-3-5-15(12(11)2)23-17(20-21-22-23)25-10-13-6-8-14(9-7-13)24-16(18)19/h3-9,16H,10H2,1-2H3. The third kappa shape index (κ3) is 4.14. The quantitative estimate of drug-likeness (QED) is 0.616. The van der Waals surface area contributed by atoms with Crippen LogP contribution >= 0.6 is 11.8 Å². The number of rotatable bonds is 6. The molecule has 0 aliphatic rings. The van der Waals surface area contributed by atoms with E-state index in [0.29, 0.717) is 10.9 Å². The third-order valence-corrected chi connectivity index (χ3v) is 4.75. The SMILES string of the molecule is Cc1cccc(-n2nnnc2SCc2ccc(OC(F)F)cc2)c1C. The van der Waals surface area contributed by atoms with Crippen molar-refractivity contribution in [2.45, 2.75) is 31.4 Å². The first-order valence-corrected chi connectivity index (χ1v) is 8.54. The smallest absolute Gasteiger partial charge is 0.387 e. The van der Waals surface area contributed by atoms with Crippen molar-refractivity contribution in [1.29, 1.82) is 0 Å². The minimum absolute atomic E-state index is 0.143. The third-order valence-electron chi connectivity index (χ3n) is 3.76. The number of thioether (sulfide) groups is 1. The number of nitrogens with zero attached hydrogens (tertiary/aromatic N) is 4. The molecule has 0 radical (unpaired) electrons. The Kier molecular flexibility index (Phi) is 5.28. The number of aryl methyl sites for hydroxylation is 1. The summed E-state index contributed by atoms with van der Waals surface area (Å²) in [4.78, 5) is 0. The van der Waals surface area contributed by atoms with Gasteiger partial charge >= 0.3 is 6.61 Å². The van der Waals surface area contributed by atoms with E-state index in [-0.39, 0.29) is 5.75 Å². The van der Waals surface area contributed by atoms with Gasteiger partial charge in [-0.05, 0) is 59.2 Å². The molecular formula is C17H16F2N4OS. The molecule has 25 heavy (non-hydrogen) atoms. The summed E-state index contributed by atoms with van der Waals surface area (Å²) in [5.41, 5.74) is 4.18. The highest BCUT2D eigenvalue weighted by Crippen LogP contribution is 2.26. The summed E-state index contributed by atoms with van der Waals surface area (Å²) in [6, 6.07) is 12.5. The summed E-state index contributed by atoms with van der Waals surface area (Å²) in [7, 11) is 0. The van der Waals surface area contributed by atoms with Crippen LogP contribution in [-0.4, -0.2) is 26.8 Å². The number of aromatic nitrogens is 4. The van der Waals surface area contributed by atoms with E-state index >= 15 is 0 Å². The van der Waals surface area contributed by atoms with Crippen molar-refractivity contribution >= 4 is 11.8 Å². The van der Waals surface area contributed by atoms with Crippen LogP contribution in [0.15, 0.2) is 47.6 Å². The van der Waals surface area contributed by atoms with Crippen LogP contribution in [0.3, 0.4) is 0 Å². The zero-order valence-electron chi connectivity index (χ0n) is 13.7. The molecule has 0 fully saturated rings. The highest BCUT2D eigenvalue weighted by Gasteiger charge is 2.12. The predicted molar refractivity (Wildman–Crippen MR) is 91.3 cm³/mol. The monoisotopic (exact) mass is 362 g/mol. The molecule has 0 aliphatic heterocycles. The first-order valence-electron chi connectivity index (χ1n) is 7.56. The van der Waals surface area contributed by atoms with Crippen LogP contribution in [0.5, 0.6) is 5.75 Å². The Balaban J connectivity index is 1.73. The molecule has 0 bridgehead atoms. The van der Waals surface area contributed by atoms with Crippen LogP contribution in [0.1, 0.15) is 16.7 Å². The molecule has 1 aromatic heterocycles. The molecule has 0 spiro atoms. The fourth-order valence-corrected chi connectivity index (χ4v) is 3.14. The maximum atomic E-state index is 12.2. The van der Waals surface area contributed by atoms with Gasteiger partial charge in [-0.2, -0.15) is 13.5 Å². The molecular weight excluding hydrogens is 346 g/mol. The fourth-order valence-electron chi connectivity index (χ4n) is 2.30. The van der Waals surface area contributed by atoms with Gasteiger partial charge in [-0.25, -0.2) is 0 Å². The van der Waals surface area contributed by atoms with Crippen molar-refractivity contribution in [2.24, 2.45) is 0 Å². The second-order valence-corrected chi connectivity index (χ2v) is 6.35. The summed E-state index contributed by atoms with van der Waals surface area (Å²) in [5.74, 6) is 0.754. The van der Waals surface area contributed by atoms with Crippen LogP contribution in [0.4, 0.5) is 8.78 Å². The normalized spacial score (nSPS) is 11.1. The molecule has 0 saturated carbocycles. The highest BCUT2D eigenvalue weighted by molar-refractivity contribution is 7.98. The van der Waals surface area contributed by atoms with Gasteiger partial charge in [-0.3, -0.25) is 0 Å². The van der Waals surface area contributed by atoms with Crippen molar-refractivity contribution in [3.8, 4) is 11.4 Å². The van der Waals surface area contributed by atoms with Gasteiger partial charge in [0, 0.05) is 5.75 Å². The second-order valence-electron chi connectivity index (χ2n) is 5.40. The van der Waals surface area contributed by atoms with Crippen LogP contribution < -0.4 is 4.74 Å². The van der Waals surface area contributed by atoms with Gasteiger partial charge in [0.1, 0.15) is 5.75 Å². The van der Waals surface area contributed by atoms with E-state index in [1.165, 1.54) is 29.5 Å². The Morgan fingerprint density at radius 3 is 2.60 bits per heavy atom. The number of hydrogen-bond acceptors (Lipinski definition) is 5. The first-order chi connectivity index (χ1) is 12.0. The van der Waals surface area contributed by atoms with Crippen molar-refractivity contribution in [3.63, 3.8) is 0 Å². The zero-order valence-corrected chi connectivity index (χ0v) is 14.5. The predicted octanol–water partition coefficient (Wildman–Crippen LogP) is 4.17. The van der Waals surface area contributed by atoms with E-state index in [0.717, 1.165) is 16.8 Å². The number of benzene rings is 2. The lowest BCUT2D eigenvalue weighted by Crippen LogP contribution is -2.03. The zero-order chi connectivity index (χ0) is 17.8. The number of tetrazole rings is 1. The molecule has 0 saturated heterocycles. The Hall–Kier alpha value is -2.48. The fraction of sp³-hybridized carbons (Fsp3) is 0.235. The summed E-state index contributed by atoms with van der Waals surface area (Å²) in [6.45, 7) is 1.25. The average molecular weight is 362 g/mol. The molecule has 0 atom stereocenters. The molecule has 3 aromatic rings. The topological polar surface area (TPSA) is 52.8 Å². The summed E-state index contributed by atoms with van der Waals surface area (Å²) in [6.07, 6.45) is 0. The molecule has 5 nitrogen and oxygen atoms in total. The van der Waals surface area contributed by atoms with E-state index in [1.54, 1.807) is 16.8 Å². The van der Waals surface area contributed by atoms with E-state index in [2.05, 4.69) is 20.3 Å². The highest BCUT2D eigenvalue weighted by atomic mass is 32.2. The lowest BCUT2D eigenvalue weighted by molar-refractivity contribution is -0.0498. The molecule has 0 N–H and O–H groups in total. The van der Waals surface area contributed by atoms with Crippen LogP contribution in [0, 0.1) is 13.8 Å². The van der Waals surface area contributed by atoms with Crippen molar-refractivity contribution in [3.05, 3.63) is 59.2 Å². The van der Waals surface area contributed by atoms with Crippen molar-refractivity contribution in [1.82, 2.24) is 20.2 Å². The Labute approximate surface area is 148 Å². The molecule has 130 valence electrons. The minimum Gasteiger partial charge on any atom is -0.435 e. The minimum atomic E-state index is -2.82. The van der Waals surface area contributed by atoms with E-state index < -0.39 is 6.61 Å². The molecule has 1 heterocycles. The van der Waals surface area contributed by atoms with Crippen molar-refractivity contribution < 1.29 is 13.5 Å². The van der Waals surface area contributed by atoms with Gasteiger partial charge in [0.25, 0.3) is 0 Å². The number of ether oxygens (including phenoxy) is 1. The van der Waals surface area contributed by atoms with E-state index in [1.807, 2.05) is 32.0 Å². The van der Waals surface area contributed by atoms with Gasteiger partial charge in [-0.1, -0.05) is 36.0 Å². The second kappa shape index (κ2) is 7.60. The number of hydrogen-bond donors (Lipinski definition) is 0.